The number of halogens is 2. The first-order valence-electron chi connectivity index (χ1n) is 5.85. The number of nitrogens with one attached hydrogen (secondary N) is 2. The Hall–Kier alpha value is -1.31. The molecule has 0 aliphatic heterocycles. The van der Waals surface area contributed by atoms with E-state index in [9.17, 15) is 13.8 Å². The van der Waals surface area contributed by atoms with E-state index in [1.165, 1.54) is 24.5 Å². The molecule has 0 saturated heterocycles. The zero-order valence-corrected chi connectivity index (χ0v) is 13.4. The molecule has 1 aromatic rings. The van der Waals surface area contributed by atoms with Crippen molar-refractivity contribution in [2.75, 3.05) is 17.3 Å². The van der Waals surface area contributed by atoms with E-state index in [4.69, 9.17) is 28.3 Å². The van der Waals surface area contributed by atoms with Gasteiger partial charge in [0.25, 0.3) is 0 Å². The van der Waals surface area contributed by atoms with Gasteiger partial charge in [0, 0.05) is 28.5 Å². The summed E-state index contributed by atoms with van der Waals surface area (Å²) in [5, 5.41) is 14.4. The van der Waals surface area contributed by atoms with E-state index in [1.54, 1.807) is 0 Å². The number of urea groups is 1. The predicted molar refractivity (Wildman–Crippen MR) is 83.6 cm³/mol. The lowest BCUT2D eigenvalue weighted by atomic mass is 10.2. The van der Waals surface area contributed by atoms with Crippen LogP contribution in [0.5, 0.6) is 0 Å². The van der Waals surface area contributed by atoms with E-state index >= 15 is 0 Å². The van der Waals surface area contributed by atoms with Crippen LogP contribution in [0.4, 0.5) is 10.5 Å². The summed E-state index contributed by atoms with van der Waals surface area (Å²) in [6.45, 7) is 0. The Balaban J connectivity index is 2.62. The Morgan fingerprint density at radius 2 is 2.00 bits per heavy atom. The fourth-order valence-corrected chi connectivity index (χ4v) is 2.31. The topological polar surface area (TPSA) is 95.5 Å². The van der Waals surface area contributed by atoms with Gasteiger partial charge in [0.15, 0.2) is 0 Å². The first-order valence-corrected chi connectivity index (χ1v) is 8.33. The number of anilines is 1. The van der Waals surface area contributed by atoms with Gasteiger partial charge in [0.1, 0.15) is 6.04 Å². The molecule has 1 rings (SSSR count). The summed E-state index contributed by atoms with van der Waals surface area (Å²) < 4.78 is 11.0. The molecule has 0 heterocycles. The number of aliphatic carboxylic acids is 1. The number of carbonyl (C=O) groups excluding carboxylic acids is 1. The van der Waals surface area contributed by atoms with Gasteiger partial charge in [-0.25, -0.2) is 9.59 Å². The van der Waals surface area contributed by atoms with Crippen LogP contribution in [0.1, 0.15) is 6.42 Å². The average molecular weight is 353 g/mol. The number of carbonyl (C=O) groups is 2. The summed E-state index contributed by atoms with van der Waals surface area (Å²) in [4.78, 5) is 22.7. The lowest BCUT2D eigenvalue weighted by Gasteiger charge is -2.14. The van der Waals surface area contributed by atoms with E-state index < -0.39 is 28.8 Å². The zero-order valence-electron chi connectivity index (χ0n) is 11.1. The third kappa shape index (κ3) is 6.33. The lowest BCUT2D eigenvalue weighted by molar-refractivity contribution is -0.139. The minimum absolute atomic E-state index is 0.0766. The summed E-state index contributed by atoms with van der Waals surface area (Å²) in [5.74, 6) is -1.01. The molecule has 0 aromatic heterocycles. The van der Waals surface area contributed by atoms with Crippen LogP contribution in [0, 0.1) is 0 Å². The second kappa shape index (κ2) is 8.21. The molecule has 6 nitrogen and oxygen atoms in total. The van der Waals surface area contributed by atoms with E-state index in [0.29, 0.717) is 10.7 Å². The van der Waals surface area contributed by atoms with Crippen molar-refractivity contribution < 1.29 is 18.9 Å². The van der Waals surface area contributed by atoms with Crippen molar-refractivity contribution in [3.05, 3.63) is 28.2 Å². The van der Waals surface area contributed by atoms with Crippen LogP contribution in [0.3, 0.4) is 0 Å². The molecule has 3 N–H and O–H groups in total. The van der Waals surface area contributed by atoms with Crippen molar-refractivity contribution in [3.63, 3.8) is 0 Å². The van der Waals surface area contributed by atoms with E-state index in [1.807, 2.05) is 0 Å². The Morgan fingerprint density at radius 1 is 1.33 bits per heavy atom. The summed E-state index contributed by atoms with van der Waals surface area (Å²) >= 11 is 11.6. The van der Waals surface area contributed by atoms with Crippen LogP contribution in [0.25, 0.3) is 0 Å². The molecule has 116 valence electrons. The first-order chi connectivity index (χ1) is 9.79. The number of hydrogen-bond donors (Lipinski definition) is 3. The van der Waals surface area contributed by atoms with Gasteiger partial charge in [-0.3, -0.25) is 4.21 Å². The average Bonchev–Trinajstić information content (AvgIpc) is 2.38. The molecule has 21 heavy (non-hydrogen) atoms. The highest BCUT2D eigenvalue weighted by Crippen LogP contribution is 2.24. The maximum atomic E-state index is 11.7. The molecule has 0 bridgehead atoms. The van der Waals surface area contributed by atoms with Crippen LogP contribution in [0.15, 0.2) is 18.2 Å². The summed E-state index contributed by atoms with van der Waals surface area (Å²) in [5.41, 5.74) is 0.380. The van der Waals surface area contributed by atoms with Gasteiger partial charge in [-0.2, -0.15) is 0 Å². The van der Waals surface area contributed by atoms with E-state index in [-0.39, 0.29) is 17.2 Å². The van der Waals surface area contributed by atoms with E-state index in [0.717, 1.165) is 0 Å². The Morgan fingerprint density at radius 3 is 2.52 bits per heavy atom. The predicted octanol–water partition coefficient (Wildman–Crippen LogP) is 2.34. The van der Waals surface area contributed by atoms with Crippen LogP contribution in [-0.4, -0.2) is 39.4 Å². The number of hydrogen-bond acceptors (Lipinski definition) is 3. The quantitative estimate of drug-likeness (QED) is 0.731. The highest BCUT2D eigenvalue weighted by molar-refractivity contribution is 7.84. The third-order valence-electron chi connectivity index (χ3n) is 2.47. The summed E-state index contributed by atoms with van der Waals surface area (Å²) in [6, 6.07) is 2.68. The molecular formula is C12H14Cl2N2O4S. The number of amides is 2. The highest BCUT2D eigenvalue weighted by Gasteiger charge is 2.20. The normalized spacial score (nSPS) is 13.3. The van der Waals surface area contributed by atoms with Crippen LogP contribution in [0.2, 0.25) is 10.0 Å². The molecule has 2 amide bonds. The smallest absolute Gasteiger partial charge is 0.326 e. The van der Waals surface area contributed by atoms with Gasteiger partial charge >= 0.3 is 12.0 Å². The van der Waals surface area contributed by atoms with Crippen molar-refractivity contribution in [1.29, 1.82) is 0 Å². The van der Waals surface area contributed by atoms with Gasteiger partial charge in [0.05, 0.1) is 10.0 Å². The van der Waals surface area contributed by atoms with Crippen LogP contribution < -0.4 is 10.6 Å². The lowest BCUT2D eigenvalue weighted by Crippen LogP contribution is -2.43. The van der Waals surface area contributed by atoms with Crippen molar-refractivity contribution >= 4 is 51.7 Å². The minimum Gasteiger partial charge on any atom is -0.480 e. The minimum atomic E-state index is -1.19. The Labute approximate surface area is 134 Å². The van der Waals surface area contributed by atoms with Crippen LogP contribution in [-0.2, 0) is 15.6 Å². The summed E-state index contributed by atoms with van der Waals surface area (Å²) in [7, 11) is -1.13. The largest absolute Gasteiger partial charge is 0.480 e. The van der Waals surface area contributed by atoms with Gasteiger partial charge in [-0.05, 0) is 24.6 Å². The molecule has 0 saturated carbocycles. The molecule has 0 aliphatic carbocycles. The second-order valence-electron chi connectivity index (χ2n) is 4.18. The third-order valence-corrected chi connectivity index (χ3v) is 4.02. The number of carboxylic acid groups (broad SMARTS) is 1. The van der Waals surface area contributed by atoms with Crippen molar-refractivity contribution in [1.82, 2.24) is 5.32 Å². The van der Waals surface area contributed by atoms with Gasteiger partial charge in [-0.1, -0.05) is 23.2 Å². The molecule has 2 atom stereocenters. The molecule has 1 aromatic carbocycles. The molecule has 9 heteroatoms. The summed E-state index contributed by atoms with van der Waals surface area (Å²) in [6.07, 6.45) is 1.54. The van der Waals surface area contributed by atoms with E-state index in [2.05, 4.69) is 10.6 Å². The van der Waals surface area contributed by atoms with Gasteiger partial charge in [0.2, 0.25) is 0 Å². The zero-order chi connectivity index (χ0) is 16.0. The fourth-order valence-electron chi connectivity index (χ4n) is 1.44. The maximum absolute atomic E-state index is 11.7. The maximum Gasteiger partial charge on any atom is 0.326 e. The Kier molecular flexibility index (Phi) is 6.94. The molecule has 0 radical (unpaired) electrons. The van der Waals surface area contributed by atoms with Gasteiger partial charge < -0.3 is 15.7 Å². The second-order valence-corrected chi connectivity index (χ2v) is 6.55. The first kappa shape index (κ1) is 17.7. The molecule has 0 fully saturated rings. The van der Waals surface area contributed by atoms with Crippen molar-refractivity contribution in [2.45, 2.75) is 12.5 Å². The number of benzene rings is 1. The monoisotopic (exact) mass is 352 g/mol. The molecular weight excluding hydrogens is 339 g/mol. The molecule has 0 aliphatic rings. The number of carboxylic acids is 1. The van der Waals surface area contributed by atoms with Crippen molar-refractivity contribution in [3.8, 4) is 0 Å². The molecule has 0 spiro atoms. The standard InChI is InChI=1S/C12H14Cl2N2O4S/c1-21(20)5-4-10(11(17)18)16-12(19)15-7-2-3-8(13)9(14)6-7/h2-3,6,10H,4-5H2,1H3,(H,17,18)(H2,15,16,19)/t10-,21+/m0/s1. The van der Waals surface area contributed by atoms with Gasteiger partial charge in [-0.15, -0.1) is 0 Å². The SMILES string of the molecule is C[S@@](=O)CC[C@H](NC(=O)Nc1ccc(Cl)c(Cl)c1)C(=O)O. The van der Waals surface area contributed by atoms with Crippen LogP contribution >= 0.6 is 23.2 Å². The van der Waals surface area contributed by atoms with Crippen molar-refractivity contribution in [2.24, 2.45) is 0 Å². The fraction of sp³-hybridized carbons (Fsp3) is 0.333. The number of rotatable bonds is 6. The highest BCUT2D eigenvalue weighted by atomic mass is 35.5. The Bertz CT molecular complexity index is 568. The molecule has 0 unspecified atom stereocenters.